The molecule has 2 N–H and O–H groups in total. The van der Waals surface area contributed by atoms with Crippen molar-refractivity contribution < 1.29 is 9.59 Å². The van der Waals surface area contributed by atoms with E-state index in [1.54, 1.807) is 17.6 Å². The average molecular weight is 328 g/mol. The Hall–Kier alpha value is -0.730. The smallest absolute Gasteiger partial charge is 0.221 e. The molecule has 0 fully saturated rings. The minimum atomic E-state index is -0.591. The second-order valence-electron chi connectivity index (χ2n) is 4.11. The minimum absolute atomic E-state index is 0.206. The Kier molecular flexibility index (Phi) is 7.39. The molecule has 0 bridgehead atoms. The monoisotopic (exact) mass is 328 g/mol. The molecule has 1 rings (SSSR count). The van der Waals surface area contributed by atoms with Gasteiger partial charge in [0.15, 0.2) is 0 Å². The van der Waals surface area contributed by atoms with Gasteiger partial charge in [-0.05, 0) is 25.8 Å². The fourth-order valence-electron chi connectivity index (χ4n) is 1.12. The molecule has 2 atom stereocenters. The summed E-state index contributed by atoms with van der Waals surface area (Å²) in [5, 5.41) is -0.206. The van der Waals surface area contributed by atoms with Gasteiger partial charge >= 0.3 is 0 Å². The molecule has 1 aromatic carbocycles. The van der Waals surface area contributed by atoms with Crippen LogP contribution in [-0.2, 0) is 9.59 Å². The molecule has 0 unspecified atom stereocenters. The van der Waals surface area contributed by atoms with Crippen LogP contribution in [0.3, 0.4) is 0 Å². The number of rotatable bonds is 6. The van der Waals surface area contributed by atoms with Crippen LogP contribution in [0.1, 0.15) is 19.4 Å². The van der Waals surface area contributed by atoms with Crippen molar-refractivity contribution in [2.45, 2.75) is 25.9 Å². The first kappa shape index (κ1) is 17.3. The second kappa shape index (κ2) is 8.53. The molecule has 7 heteroatoms. The third-order valence-electron chi connectivity index (χ3n) is 2.26. The highest BCUT2D eigenvalue weighted by atomic mass is 32.2. The van der Waals surface area contributed by atoms with E-state index in [0.29, 0.717) is 4.20 Å². The predicted molar refractivity (Wildman–Crippen MR) is 89.3 cm³/mol. The first-order valence-corrected chi connectivity index (χ1v) is 7.90. The van der Waals surface area contributed by atoms with Crippen LogP contribution in [0.4, 0.5) is 0 Å². The quantitative estimate of drug-likeness (QED) is 0.489. The van der Waals surface area contributed by atoms with Gasteiger partial charge in [-0.2, -0.15) is 3.71 Å². The van der Waals surface area contributed by atoms with Gasteiger partial charge in [-0.15, -0.1) is 0 Å². The summed E-state index contributed by atoms with van der Waals surface area (Å²) in [6, 6.07) is 8.40. The van der Waals surface area contributed by atoms with Gasteiger partial charge in [0.2, 0.25) is 5.12 Å². The van der Waals surface area contributed by atoms with E-state index >= 15 is 0 Å². The van der Waals surface area contributed by atoms with Crippen molar-refractivity contribution in [1.82, 2.24) is 3.71 Å². The van der Waals surface area contributed by atoms with Crippen LogP contribution >= 0.6 is 36.1 Å². The molecule has 0 radical (unpaired) electrons. The van der Waals surface area contributed by atoms with Gasteiger partial charge in [-0.1, -0.05) is 42.5 Å². The largest absolute Gasteiger partial charge is 0.321 e. The summed E-state index contributed by atoms with van der Waals surface area (Å²) in [6.07, 6.45) is 0.766. The molecular weight excluding hydrogens is 312 g/mol. The van der Waals surface area contributed by atoms with E-state index in [1.165, 1.54) is 11.9 Å². The molecule has 0 aliphatic carbocycles. The van der Waals surface area contributed by atoms with Crippen LogP contribution < -0.4 is 5.73 Å². The third-order valence-corrected chi connectivity index (χ3v) is 5.15. The number of nitrogens with two attached hydrogens (primary N) is 1. The highest BCUT2D eigenvalue weighted by Crippen LogP contribution is 2.29. The number of thiocarbonyl (C=S) groups is 1. The zero-order valence-corrected chi connectivity index (χ0v) is 13.6. The number of nitrogens with zero attached hydrogens (tertiary/aromatic N) is 1. The zero-order valence-electron chi connectivity index (χ0n) is 11.2. The van der Waals surface area contributed by atoms with E-state index in [2.05, 4.69) is 0 Å². The summed E-state index contributed by atoms with van der Waals surface area (Å²) in [6.45, 7) is 3.31. The summed E-state index contributed by atoms with van der Waals surface area (Å²) in [5.41, 5.74) is 6.42. The van der Waals surface area contributed by atoms with Crippen LogP contribution in [0.15, 0.2) is 30.3 Å². The van der Waals surface area contributed by atoms with Crippen molar-refractivity contribution in [2.24, 2.45) is 5.73 Å². The molecule has 0 aromatic heterocycles. The summed E-state index contributed by atoms with van der Waals surface area (Å²) >= 11 is 7.45. The van der Waals surface area contributed by atoms with Gasteiger partial charge in [-0.25, -0.2) is 0 Å². The van der Waals surface area contributed by atoms with Crippen LogP contribution in [-0.4, -0.2) is 31.4 Å². The van der Waals surface area contributed by atoms with Crippen LogP contribution in [0.5, 0.6) is 0 Å². The van der Waals surface area contributed by atoms with Gasteiger partial charge in [-0.3, -0.25) is 4.79 Å². The maximum absolute atomic E-state index is 11.7. The summed E-state index contributed by atoms with van der Waals surface area (Å²) in [7, 11) is 0. The van der Waals surface area contributed by atoms with Crippen molar-refractivity contribution in [3.63, 3.8) is 0 Å². The molecule has 0 aliphatic rings. The molecule has 4 nitrogen and oxygen atoms in total. The zero-order chi connectivity index (χ0) is 15.1. The molecule has 0 heterocycles. The normalized spacial score (nSPS) is 13.8. The van der Waals surface area contributed by atoms with Crippen molar-refractivity contribution in [2.75, 3.05) is 0 Å². The number of carbonyl (C=O) groups is 2. The summed E-state index contributed by atoms with van der Waals surface area (Å²) in [4.78, 5) is 22.7. The highest BCUT2D eigenvalue weighted by molar-refractivity contribution is 8.30. The number of hydrogen-bond donors (Lipinski definition) is 1. The van der Waals surface area contributed by atoms with E-state index in [-0.39, 0.29) is 5.12 Å². The van der Waals surface area contributed by atoms with E-state index in [9.17, 15) is 9.59 Å². The predicted octanol–water partition coefficient (Wildman–Crippen LogP) is 2.42. The van der Waals surface area contributed by atoms with Gasteiger partial charge in [0.05, 0.1) is 16.3 Å². The number of hydrogen-bond acceptors (Lipinski definition) is 7. The first-order valence-electron chi connectivity index (χ1n) is 5.95. The Bertz CT molecular complexity index is 480. The summed E-state index contributed by atoms with van der Waals surface area (Å²) in [5.74, 6) is 0. The standard InChI is InChI=1S/C13H16N2O2S3/c1-9(8-16)15(19-12(17)10(2)14)20-13(18)11-6-4-3-5-7-11/h3-10H,14H2,1-2H3/t9-,10-/m0/s1. The third kappa shape index (κ3) is 5.34. The Morgan fingerprint density at radius 3 is 2.40 bits per heavy atom. The Labute approximate surface area is 132 Å². The Balaban J connectivity index is 2.77. The first-order chi connectivity index (χ1) is 9.45. The number of carbonyl (C=O) groups excluding carboxylic acids is 2. The van der Waals surface area contributed by atoms with Crippen LogP contribution in [0, 0.1) is 0 Å². The van der Waals surface area contributed by atoms with Crippen LogP contribution in [0.25, 0.3) is 0 Å². The van der Waals surface area contributed by atoms with Gasteiger partial charge in [0, 0.05) is 17.5 Å². The van der Waals surface area contributed by atoms with Crippen molar-refractivity contribution >= 4 is 51.7 Å². The fraction of sp³-hybridized carbons (Fsp3) is 0.308. The lowest BCUT2D eigenvalue weighted by Crippen LogP contribution is -2.31. The van der Waals surface area contributed by atoms with E-state index in [0.717, 1.165) is 23.8 Å². The Morgan fingerprint density at radius 1 is 1.30 bits per heavy atom. The molecule has 0 saturated heterocycles. The van der Waals surface area contributed by atoms with Gasteiger partial charge in [0.25, 0.3) is 0 Å². The van der Waals surface area contributed by atoms with Gasteiger partial charge < -0.3 is 10.5 Å². The maximum Gasteiger partial charge on any atom is 0.221 e. The fourth-order valence-corrected chi connectivity index (χ4v) is 3.41. The second-order valence-corrected chi connectivity index (χ2v) is 6.97. The SMILES string of the molecule is C[C@H](N)C(=O)SN(SC(=S)c1ccccc1)[C@@H](C)C=O. The lowest BCUT2D eigenvalue weighted by atomic mass is 10.2. The van der Waals surface area contributed by atoms with Crippen molar-refractivity contribution in [1.29, 1.82) is 0 Å². The van der Waals surface area contributed by atoms with E-state index in [4.69, 9.17) is 18.0 Å². The topological polar surface area (TPSA) is 63.4 Å². The molecule has 108 valence electrons. The lowest BCUT2D eigenvalue weighted by molar-refractivity contribution is -0.111. The van der Waals surface area contributed by atoms with E-state index < -0.39 is 12.1 Å². The lowest BCUT2D eigenvalue weighted by Gasteiger charge is -2.22. The molecule has 1 aromatic rings. The summed E-state index contributed by atoms with van der Waals surface area (Å²) < 4.78 is 2.18. The van der Waals surface area contributed by atoms with Crippen molar-refractivity contribution in [3.8, 4) is 0 Å². The average Bonchev–Trinajstić information content (AvgIpc) is 2.46. The molecule has 20 heavy (non-hydrogen) atoms. The number of aldehydes is 1. The van der Waals surface area contributed by atoms with Crippen LogP contribution in [0.2, 0.25) is 0 Å². The van der Waals surface area contributed by atoms with Crippen molar-refractivity contribution in [3.05, 3.63) is 35.9 Å². The minimum Gasteiger partial charge on any atom is -0.321 e. The molecule has 0 amide bonds. The Morgan fingerprint density at radius 2 is 1.90 bits per heavy atom. The van der Waals surface area contributed by atoms with Gasteiger partial charge in [0.1, 0.15) is 6.29 Å². The molecule has 0 aliphatic heterocycles. The maximum atomic E-state index is 11.7. The molecule has 0 saturated carbocycles. The number of benzene rings is 1. The highest BCUT2D eigenvalue weighted by Gasteiger charge is 2.22. The van der Waals surface area contributed by atoms with E-state index in [1.807, 2.05) is 30.3 Å². The molecular formula is C13H16N2O2S3. The molecule has 0 spiro atoms.